The van der Waals surface area contributed by atoms with Crippen LogP contribution < -0.4 is 4.74 Å². The van der Waals surface area contributed by atoms with Crippen LogP contribution in [-0.2, 0) is 0 Å². The fourth-order valence-corrected chi connectivity index (χ4v) is 2.57. The van der Waals surface area contributed by atoms with Crippen LogP contribution in [-0.4, -0.2) is 16.8 Å². The fraction of sp³-hybridized carbons (Fsp3) is 0.533. The predicted octanol–water partition coefficient (Wildman–Crippen LogP) is 3.75. The largest absolute Gasteiger partial charge is 0.490 e. The Morgan fingerprint density at radius 1 is 1.30 bits per heavy atom. The number of carbonyl (C=O) groups excluding carboxylic acids is 1. The molecule has 5 nitrogen and oxygen atoms in total. The Kier molecular flexibility index (Phi) is 4.37. The Balaban J connectivity index is 2.15. The summed E-state index contributed by atoms with van der Waals surface area (Å²) in [5.74, 6) is 0.889. The fourth-order valence-electron chi connectivity index (χ4n) is 2.57. The second-order valence-electron chi connectivity index (χ2n) is 5.49. The van der Waals surface area contributed by atoms with Crippen LogP contribution in [0.3, 0.4) is 0 Å². The SMILES string of the molecule is CC(=O)c1ccc(OC2CCC(C)CC2)cc1[N+](=O)[O-]. The monoisotopic (exact) mass is 277 g/mol. The predicted molar refractivity (Wildman–Crippen MR) is 75.1 cm³/mol. The summed E-state index contributed by atoms with van der Waals surface area (Å²) in [6, 6.07) is 4.47. The molecule has 0 unspecified atom stereocenters. The number of nitrogens with zero attached hydrogens (tertiary/aromatic N) is 1. The van der Waals surface area contributed by atoms with E-state index in [0.717, 1.165) is 31.6 Å². The summed E-state index contributed by atoms with van der Waals surface area (Å²) >= 11 is 0. The molecule has 0 bridgehead atoms. The average molecular weight is 277 g/mol. The van der Waals surface area contributed by atoms with Gasteiger partial charge in [0.05, 0.1) is 22.7 Å². The lowest BCUT2D eigenvalue weighted by atomic mass is 9.89. The number of carbonyl (C=O) groups is 1. The maximum atomic E-state index is 11.4. The van der Waals surface area contributed by atoms with Gasteiger partial charge in [0.1, 0.15) is 5.75 Å². The van der Waals surface area contributed by atoms with Gasteiger partial charge in [0.2, 0.25) is 0 Å². The molecule has 0 N–H and O–H groups in total. The van der Waals surface area contributed by atoms with E-state index in [1.54, 1.807) is 6.07 Å². The zero-order valence-corrected chi connectivity index (χ0v) is 11.8. The molecule has 0 spiro atoms. The van der Waals surface area contributed by atoms with Crippen LogP contribution in [0, 0.1) is 16.0 Å². The lowest BCUT2D eigenvalue weighted by Crippen LogP contribution is -2.23. The van der Waals surface area contributed by atoms with E-state index >= 15 is 0 Å². The van der Waals surface area contributed by atoms with Crippen LogP contribution in [0.25, 0.3) is 0 Å². The number of nitro benzene ring substituents is 1. The van der Waals surface area contributed by atoms with Crippen molar-refractivity contribution in [3.05, 3.63) is 33.9 Å². The normalized spacial score (nSPS) is 22.3. The van der Waals surface area contributed by atoms with E-state index < -0.39 is 4.92 Å². The third-order valence-corrected chi connectivity index (χ3v) is 3.81. The Hall–Kier alpha value is -1.91. The standard InChI is InChI=1S/C15H19NO4/c1-10-3-5-12(6-4-10)20-13-7-8-14(11(2)17)15(9-13)16(18)19/h7-10,12H,3-6H2,1-2H3. The van der Waals surface area contributed by atoms with Crippen molar-refractivity contribution in [3.8, 4) is 5.75 Å². The van der Waals surface area contributed by atoms with Crippen LogP contribution in [0.15, 0.2) is 18.2 Å². The molecule has 1 aromatic carbocycles. The molecule has 0 aromatic heterocycles. The van der Waals surface area contributed by atoms with Gasteiger partial charge in [0.15, 0.2) is 5.78 Å². The minimum absolute atomic E-state index is 0.119. The van der Waals surface area contributed by atoms with Gasteiger partial charge >= 0.3 is 0 Å². The first kappa shape index (κ1) is 14.5. The molecule has 5 heteroatoms. The first-order valence-electron chi connectivity index (χ1n) is 6.93. The van der Waals surface area contributed by atoms with Gasteiger partial charge in [0.25, 0.3) is 5.69 Å². The topological polar surface area (TPSA) is 69.4 Å². The number of benzene rings is 1. The van der Waals surface area contributed by atoms with E-state index in [1.807, 2.05) is 0 Å². The second kappa shape index (κ2) is 6.03. The maximum absolute atomic E-state index is 11.4. The molecule has 1 fully saturated rings. The molecular formula is C15H19NO4. The zero-order chi connectivity index (χ0) is 14.7. The molecule has 1 aromatic rings. The molecule has 0 radical (unpaired) electrons. The summed E-state index contributed by atoms with van der Waals surface area (Å²) in [5.41, 5.74) is -0.0567. The van der Waals surface area contributed by atoms with Gasteiger partial charge in [-0.05, 0) is 50.7 Å². The molecule has 1 aliphatic carbocycles. The highest BCUT2D eigenvalue weighted by atomic mass is 16.6. The Bertz CT molecular complexity index is 519. The van der Waals surface area contributed by atoms with E-state index in [-0.39, 0.29) is 23.1 Å². The first-order valence-corrected chi connectivity index (χ1v) is 6.93. The molecule has 0 heterocycles. The summed E-state index contributed by atoms with van der Waals surface area (Å²) in [7, 11) is 0. The van der Waals surface area contributed by atoms with E-state index in [9.17, 15) is 14.9 Å². The number of ketones is 1. The van der Waals surface area contributed by atoms with Crippen molar-refractivity contribution >= 4 is 11.5 Å². The molecule has 1 aliphatic rings. The van der Waals surface area contributed by atoms with Gasteiger partial charge in [-0.2, -0.15) is 0 Å². The smallest absolute Gasteiger partial charge is 0.283 e. The van der Waals surface area contributed by atoms with E-state index in [0.29, 0.717) is 5.75 Å². The molecule has 20 heavy (non-hydrogen) atoms. The summed E-state index contributed by atoms with van der Waals surface area (Å²) in [6.45, 7) is 3.55. The molecule has 0 atom stereocenters. The van der Waals surface area contributed by atoms with Gasteiger partial charge in [0, 0.05) is 0 Å². The van der Waals surface area contributed by atoms with E-state index in [1.165, 1.54) is 19.1 Å². The summed E-state index contributed by atoms with van der Waals surface area (Å²) in [4.78, 5) is 21.8. The van der Waals surface area contributed by atoms with Crippen molar-refractivity contribution in [3.63, 3.8) is 0 Å². The first-order chi connectivity index (χ1) is 9.47. The van der Waals surface area contributed by atoms with E-state index in [4.69, 9.17) is 4.74 Å². The molecule has 0 saturated heterocycles. The molecular weight excluding hydrogens is 258 g/mol. The summed E-state index contributed by atoms with van der Waals surface area (Å²) in [6.07, 6.45) is 4.32. The third-order valence-electron chi connectivity index (χ3n) is 3.81. The van der Waals surface area contributed by atoms with Crippen LogP contribution >= 0.6 is 0 Å². The lowest BCUT2D eigenvalue weighted by Gasteiger charge is -2.26. The van der Waals surface area contributed by atoms with Crippen molar-refractivity contribution < 1.29 is 14.5 Å². The average Bonchev–Trinajstić information content (AvgIpc) is 2.41. The van der Waals surface area contributed by atoms with Crippen molar-refractivity contribution in [1.29, 1.82) is 0 Å². The van der Waals surface area contributed by atoms with Crippen LogP contribution in [0.5, 0.6) is 5.75 Å². The van der Waals surface area contributed by atoms with Crippen molar-refractivity contribution in [2.75, 3.05) is 0 Å². The molecule has 2 rings (SSSR count). The quantitative estimate of drug-likeness (QED) is 0.477. The van der Waals surface area contributed by atoms with Gasteiger partial charge in [-0.25, -0.2) is 0 Å². The number of nitro groups is 1. The molecule has 108 valence electrons. The van der Waals surface area contributed by atoms with Crippen LogP contribution in [0.2, 0.25) is 0 Å². The van der Waals surface area contributed by atoms with Crippen molar-refractivity contribution in [2.45, 2.75) is 45.6 Å². The minimum Gasteiger partial charge on any atom is -0.490 e. The van der Waals surface area contributed by atoms with Gasteiger partial charge in [-0.1, -0.05) is 6.92 Å². The maximum Gasteiger partial charge on any atom is 0.283 e. The zero-order valence-electron chi connectivity index (χ0n) is 11.8. The van der Waals surface area contributed by atoms with Crippen molar-refractivity contribution in [1.82, 2.24) is 0 Å². The van der Waals surface area contributed by atoms with E-state index in [2.05, 4.69) is 6.92 Å². The third kappa shape index (κ3) is 3.35. The van der Waals surface area contributed by atoms with Gasteiger partial charge in [-0.3, -0.25) is 14.9 Å². The number of ether oxygens (including phenoxy) is 1. The van der Waals surface area contributed by atoms with Crippen molar-refractivity contribution in [2.24, 2.45) is 5.92 Å². The number of hydrogen-bond donors (Lipinski definition) is 0. The Labute approximate surface area is 118 Å². The summed E-state index contributed by atoms with van der Waals surface area (Å²) < 4.78 is 5.81. The highest BCUT2D eigenvalue weighted by Gasteiger charge is 2.22. The molecule has 0 amide bonds. The number of rotatable bonds is 4. The Morgan fingerprint density at radius 2 is 1.95 bits per heavy atom. The van der Waals surface area contributed by atoms with Gasteiger partial charge in [-0.15, -0.1) is 0 Å². The number of Topliss-reactive ketones (excluding diaryl/α,β-unsaturated/α-hetero) is 1. The van der Waals surface area contributed by atoms with Crippen LogP contribution in [0.4, 0.5) is 5.69 Å². The number of hydrogen-bond acceptors (Lipinski definition) is 4. The highest BCUT2D eigenvalue weighted by Crippen LogP contribution is 2.30. The van der Waals surface area contributed by atoms with Crippen LogP contribution in [0.1, 0.15) is 49.9 Å². The highest BCUT2D eigenvalue weighted by molar-refractivity contribution is 5.98. The Morgan fingerprint density at radius 3 is 2.50 bits per heavy atom. The second-order valence-corrected chi connectivity index (χ2v) is 5.49. The molecule has 0 aliphatic heterocycles. The summed E-state index contributed by atoms with van der Waals surface area (Å²) in [5, 5.41) is 11.0. The van der Waals surface area contributed by atoms with Gasteiger partial charge < -0.3 is 4.74 Å². The minimum atomic E-state index is -0.535. The lowest BCUT2D eigenvalue weighted by molar-refractivity contribution is -0.385. The molecule has 1 saturated carbocycles.